The Morgan fingerprint density at radius 1 is 1.18 bits per heavy atom. The molecule has 1 aliphatic rings. The molecule has 0 saturated carbocycles. The van der Waals surface area contributed by atoms with Gasteiger partial charge in [0.2, 0.25) is 5.91 Å². The molecule has 0 heterocycles. The van der Waals surface area contributed by atoms with Crippen LogP contribution >= 0.6 is 23.4 Å². The number of aryl methyl sites for hydroxylation is 2. The lowest BCUT2D eigenvalue weighted by Gasteiger charge is -2.08. The van der Waals surface area contributed by atoms with Gasteiger partial charge in [0, 0.05) is 9.92 Å². The van der Waals surface area contributed by atoms with Crippen molar-refractivity contribution < 1.29 is 9.90 Å². The number of hydrogen-bond acceptors (Lipinski definition) is 3. The number of phenols is 1. The molecule has 0 fully saturated rings. The summed E-state index contributed by atoms with van der Waals surface area (Å²) >= 11 is 7.36. The standard InChI is InChI=1S/C17H16ClNO2S/c18-13-5-7-16(20)15(9-13)19-17(21)10-22-14-6-4-11-2-1-3-12(11)8-14/h4-9,20H,1-3,10H2,(H,19,21). The van der Waals surface area contributed by atoms with Gasteiger partial charge >= 0.3 is 0 Å². The highest BCUT2D eigenvalue weighted by Crippen LogP contribution is 2.29. The number of benzene rings is 2. The van der Waals surface area contributed by atoms with Crippen LogP contribution in [-0.2, 0) is 17.6 Å². The lowest BCUT2D eigenvalue weighted by Crippen LogP contribution is -2.14. The fourth-order valence-corrected chi connectivity index (χ4v) is 3.51. The number of carbonyl (C=O) groups excluding carboxylic acids is 1. The van der Waals surface area contributed by atoms with E-state index in [1.807, 2.05) is 0 Å². The van der Waals surface area contributed by atoms with Crippen LogP contribution in [0.2, 0.25) is 5.02 Å². The monoisotopic (exact) mass is 333 g/mol. The number of thioether (sulfide) groups is 1. The van der Waals surface area contributed by atoms with Crippen LogP contribution in [0.5, 0.6) is 5.75 Å². The normalized spacial score (nSPS) is 13.0. The van der Waals surface area contributed by atoms with E-state index in [2.05, 4.69) is 23.5 Å². The number of amides is 1. The number of carbonyl (C=O) groups is 1. The lowest BCUT2D eigenvalue weighted by atomic mass is 10.1. The average Bonchev–Trinajstić information content (AvgIpc) is 2.96. The predicted molar refractivity (Wildman–Crippen MR) is 90.9 cm³/mol. The van der Waals surface area contributed by atoms with Crippen molar-refractivity contribution in [3.05, 3.63) is 52.5 Å². The predicted octanol–water partition coefficient (Wildman–Crippen LogP) is 4.27. The Hall–Kier alpha value is -1.65. The SMILES string of the molecule is O=C(CSc1ccc2c(c1)CCC2)Nc1cc(Cl)ccc1O. The Morgan fingerprint density at radius 3 is 2.86 bits per heavy atom. The fourth-order valence-electron chi connectivity index (χ4n) is 2.58. The number of halogens is 1. The van der Waals surface area contributed by atoms with Gasteiger partial charge in [-0.1, -0.05) is 17.7 Å². The summed E-state index contributed by atoms with van der Waals surface area (Å²) in [5.74, 6) is 0.147. The molecule has 2 N–H and O–H groups in total. The molecule has 2 aromatic carbocycles. The molecule has 3 nitrogen and oxygen atoms in total. The molecule has 0 bridgehead atoms. The van der Waals surface area contributed by atoms with Gasteiger partial charge in [-0.3, -0.25) is 4.79 Å². The molecule has 3 rings (SSSR count). The highest BCUT2D eigenvalue weighted by molar-refractivity contribution is 8.00. The Bertz CT molecular complexity index is 718. The molecule has 0 aromatic heterocycles. The molecule has 1 aliphatic carbocycles. The van der Waals surface area contributed by atoms with Gasteiger partial charge in [0.1, 0.15) is 5.75 Å². The van der Waals surface area contributed by atoms with Crippen molar-refractivity contribution in [1.29, 1.82) is 0 Å². The van der Waals surface area contributed by atoms with Gasteiger partial charge in [-0.05, 0) is 60.7 Å². The number of fused-ring (bicyclic) bond motifs is 1. The maximum Gasteiger partial charge on any atom is 0.234 e. The quantitative estimate of drug-likeness (QED) is 0.649. The van der Waals surface area contributed by atoms with Crippen LogP contribution in [0.3, 0.4) is 0 Å². The van der Waals surface area contributed by atoms with E-state index in [0.29, 0.717) is 16.5 Å². The molecule has 0 aliphatic heterocycles. The summed E-state index contributed by atoms with van der Waals surface area (Å²) in [7, 11) is 0. The number of aromatic hydroxyl groups is 1. The summed E-state index contributed by atoms with van der Waals surface area (Å²) < 4.78 is 0. The van der Waals surface area contributed by atoms with Crippen molar-refractivity contribution in [3.63, 3.8) is 0 Å². The van der Waals surface area contributed by atoms with Gasteiger partial charge in [-0.25, -0.2) is 0 Å². The first kappa shape index (κ1) is 15.3. The molecule has 0 spiro atoms. The van der Waals surface area contributed by atoms with Crippen molar-refractivity contribution in [1.82, 2.24) is 0 Å². The molecule has 114 valence electrons. The number of nitrogens with one attached hydrogen (secondary N) is 1. The van der Waals surface area contributed by atoms with Crippen molar-refractivity contribution in [3.8, 4) is 5.75 Å². The minimum absolute atomic E-state index is 0.0141. The minimum Gasteiger partial charge on any atom is -0.506 e. The molecular formula is C17H16ClNO2S. The maximum atomic E-state index is 12.0. The van der Waals surface area contributed by atoms with Gasteiger partial charge in [-0.15, -0.1) is 11.8 Å². The minimum atomic E-state index is -0.164. The first-order chi connectivity index (χ1) is 10.6. The van der Waals surface area contributed by atoms with Crippen LogP contribution in [0.1, 0.15) is 17.5 Å². The van der Waals surface area contributed by atoms with E-state index < -0.39 is 0 Å². The summed E-state index contributed by atoms with van der Waals surface area (Å²) in [5, 5.41) is 12.8. The third-order valence-corrected chi connectivity index (χ3v) is 4.90. The number of phenolic OH excluding ortho intramolecular Hbond substituents is 1. The van der Waals surface area contributed by atoms with E-state index in [9.17, 15) is 9.90 Å². The van der Waals surface area contributed by atoms with Crippen molar-refractivity contribution in [2.24, 2.45) is 0 Å². The molecule has 0 unspecified atom stereocenters. The molecule has 0 saturated heterocycles. The van der Waals surface area contributed by atoms with Gasteiger partial charge in [0.25, 0.3) is 0 Å². The molecule has 1 amide bonds. The van der Waals surface area contributed by atoms with Crippen molar-refractivity contribution in [2.75, 3.05) is 11.1 Å². The highest BCUT2D eigenvalue weighted by Gasteiger charge is 2.12. The van der Waals surface area contributed by atoms with Crippen LogP contribution < -0.4 is 5.32 Å². The zero-order chi connectivity index (χ0) is 15.5. The average molecular weight is 334 g/mol. The van der Waals surface area contributed by atoms with E-state index in [1.54, 1.807) is 6.07 Å². The van der Waals surface area contributed by atoms with Gasteiger partial charge in [0.05, 0.1) is 11.4 Å². The largest absolute Gasteiger partial charge is 0.506 e. The Kier molecular flexibility index (Phi) is 4.60. The van der Waals surface area contributed by atoms with E-state index >= 15 is 0 Å². The van der Waals surface area contributed by atoms with E-state index in [0.717, 1.165) is 17.7 Å². The van der Waals surface area contributed by atoms with Gasteiger partial charge in [0.15, 0.2) is 0 Å². The third-order valence-electron chi connectivity index (χ3n) is 3.67. The van der Waals surface area contributed by atoms with E-state index in [4.69, 9.17) is 11.6 Å². The van der Waals surface area contributed by atoms with Crippen LogP contribution in [0, 0.1) is 0 Å². The van der Waals surface area contributed by atoms with Crippen LogP contribution in [0.15, 0.2) is 41.3 Å². The molecule has 5 heteroatoms. The molecular weight excluding hydrogens is 318 g/mol. The van der Waals surface area contributed by atoms with Crippen LogP contribution in [-0.4, -0.2) is 16.8 Å². The summed E-state index contributed by atoms with van der Waals surface area (Å²) in [5.41, 5.74) is 3.17. The van der Waals surface area contributed by atoms with Crippen LogP contribution in [0.4, 0.5) is 5.69 Å². The number of hydrogen-bond donors (Lipinski definition) is 2. The summed E-state index contributed by atoms with van der Waals surface area (Å²) in [6.45, 7) is 0. The summed E-state index contributed by atoms with van der Waals surface area (Å²) in [6.07, 6.45) is 3.51. The summed E-state index contributed by atoms with van der Waals surface area (Å²) in [4.78, 5) is 13.1. The first-order valence-electron chi connectivity index (χ1n) is 7.15. The second-order valence-corrected chi connectivity index (χ2v) is 6.77. The Morgan fingerprint density at radius 2 is 2.00 bits per heavy atom. The molecule has 0 atom stereocenters. The smallest absolute Gasteiger partial charge is 0.234 e. The zero-order valence-electron chi connectivity index (χ0n) is 11.9. The van der Waals surface area contributed by atoms with Crippen LogP contribution in [0.25, 0.3) is 0 Å². The van der Waals surface area contributed by atoms with Crippen molar-refractivity contribution >= 4 is 35.0 Å². The van der Waals surface area contributed by atoms with Gasteiger partial charge in [-0.2, -0.15) is 0 Å². The highest BCUT2D eigenvalue weighted by atomic mass is 35.5. The van der Waals surface area contributed by atoms with E-state index in [1.165, 1.54) is 41.4 Å². The topological polar surface area (TPSA) is 49.3 Å². The molecule has 22 heavy (non-hydrogen) atoms. The van der Waals surface area contributed by atoms with E-state index in [-0.39, 0.29) is 11.7 Å². The Labute approximate surface area is 138 Å². The van der Waals surface area contributed by atoms with Gasteiger partial charge < -0.3 is 10.4 Å². The second-order valence-electron chi connectivity index (χ2n) is 5.28. The second kappa shape index (κ2) is 6.63. The maximum absolute atomic E-state index is 12.0. The molecule has 0 radical (unpaired) electrons. The fraction of sp³-hybridized carbons (Fsp3) is 0.235. The van der Waals surface area contributed by atoms with Crippen molar-refractivity contribution in [2.45, 2.75) is 24.2 Å². The zero-order valence-corrected chi connectivity index (χ0v) is 13.5. The first-order valence-corrected chi connectivity index (χ1v) is 8.51. The third kappa shape index (κ3) is 3.57. The Balaban J connectivity index is 1.59. The lowest BCUT2D eigenvalue weighted by molar-refractivity contribution is -0.113. The summed E-state index contributed by atoms with van der Waals surface area (Å²) in [6, 6.07) is 11.0. The number of anilines is 1. The molecule has 2 aromatic rings. The number of rotatable bonds is 4.